The first-order chi connectivity index (χ1) is 12.6. The Labute approximate surface area is 153 Å². The summed E-state index contributed by atoms with van der Waals surface area (Å²) >= 11 is 1.36. The molecule has 1 aromatic carbocycles. The quantitative estimate of drug-likeness (QED) is 0.754. The fraction of sp³-hybridized carbons (Fsp3) is 0.353. The third-order valence-electron chi connectivity index (χ3n) is 4.29. The van der Waals surface area contributed by atoms with Crippen LogP contribution >= 0.6 is 11.3 Å². The van der Waals surface area contributed by atoms with Crippen molar-refractivity contribution in [2.75, 3.05) is 5.32 Å². The predicted molar refractivity (Wildman–Crippen MR) is 94.4 cm³/mol. The van der Waals surface area contributed by atoms with E-state index in [4.69, 9.17) is 0 Å². The van der Waals surface area contributed by atoms with Gasteiger partial charge in [0.2, 0.25) is 11.0 Å². The Kier molecular flexibility index (Phi) is 4.37. The van der Waals surface area contributed by atoms with Crippen molar-refractivity contribution >= 4 is 34.3 Å². The Hall–Kier alpha value is -2.81. The van der Waals surface area contributed by atoms with Crippen molar-refractivity contribution in [3.8, 4) is 0 Å². The summed E-state index contributed by atoms with van der Waals surface area (Å²) in [4.78, 5) is 37.8. The maximum Gasteiger partial charge on any atom is 0.325 e. The summed E-state index contributed by atoms with van der Waals surface area (Å²) in [7, 11) is 0. The maximum atomic E-state index is 12.4. The van der Waals surface area contributed by atoms with E-state index >= 15 is 0 Å². The average Bonchev–Trinajstić information content (AvgIpc) is 3.33. The number of amides is 4. The summed E-state index contributed by atoms with van der Waals surface area (Å²) in [5.74, 6) is -0.297. The second kappa shape index (κ2) is 6.83. The van der Waals surface area contributed by atoms with Crippen molar-refractivity contribution in [3.63, 3.8) is 0 Å². The number of imide groups is 1. The molecule has 1 atom stereocenters. The summed E-state index contributed by atoms with van der Waals surface area (Å²) < 4.78 is 0. The molecule has 2 heterocycles. The monoisotopic (exact) mass is 371 g/mol. The molecule has 4 amide bonds. The molecular weight excluding hydrogens is 354 g/mol. The third kappa shape index (κ3) is 3.57. The van der Waals surface area contributed by atoms with Crippen LogP contribution in [-0.2, 0) is 16.1 Å². The minimum Gasteiger partial charge on any atom is -0.325 e. The Bertz CT molecular complexity index is 849. The van der Waals surface area contributed by atoms with Crippen LogP contribution in [0.4, 0.5) is 9.93 Å². The molecule has 2 fully saturated rings. The number of urea groups is 1. The van der Waals surface area contributed by atoms with E-state index < -0.39 is 18.0 Å². The van der Waals surface area contributed by atoms with Crippen LogP contribution in [0.3, 0.4) is 0 Å². The minimum atomic E-state index is -0.859. The number of hydrogen-bond acceptors (Lipinski definition) is 6. The molecule has 134 valence electrons. The summed E-state index contributed by atoms with van der Waals surface area (Å²) in [6.45, 7) is 0.185. The van der Waals surface area contributed by atoms with Gasteiger partial charge in [0.25, 0.3) is 5.91 Å². The Morgan fingerprint density at radius 3 is 2.73 bits per heavy atom. The molecule has 8 nitrogen and oxygen atoms in total. The van der Waals surface area contributed by atoms with Crippen molar-refractivity contribution < 1.29 is 14.4 Å². The molecule has 0 radical (unpaired) electrons. The molecule has 4 rings (SSSR count). The Morgan fingerprint density at radius 2 is 2.00 bits per heavy atom. The highest BCUT2D eigenvalue weighted by Gasteiger charge is 2.39. The molecule has 1 aromatic heterocycles. The first-order valence-electron chi connectivity index (χ1n) is 8.39. The lowest BCUT2D eigenvalue weighted by Gasteiger charge is -2.12. The highest BCUT2D eigenvalue weighted by molar-refractivity contribution is 7.15. The number of anilines is 1. The van der Waals surface area contributed by atoms with Gasteiger partial charge in [-0.2, -0.15) is 0 Å². The van der Waals surface area contributed by atoms with Crippen LogP contribution in [0, 0.1) is 0 Å². The smallest absolute Gasteiger partial charge is 0.325 e. The van der Waals surface area contributed by atoms with Crippen molar-refractivity contribution in [3.05, 3.63) is 40.9 Å². The average molecular weight is 371 g/mol. The lowest BCUT2D eigenvalue weighted by molar-refractivity contribution is -0.130. The molecule has 1 saturated carbocycles. The van der Waals surface area contributed by atoms with E-state index in [9.17, 15) is 14.4 Å². The molecular formula is C17H17N5O3S. The molecule has 2 aliphatic rings. The molecule has 2 aromatic rings. The lowest BCUT2D eigenvalue weighted by atomic mass is 10.2. The zero-order valence-corrected chi connectivity index (χ0v) is 14.7. The van der Waals surface area contributed by atoms with Gasteiger partial charge in [-0.1, -0.05) is 41.7 Å². The highest BCUT2D eigenvalue weighted by Crippen LogP contribution is 2.42. The number of nitrogens with zero attached hydrogens (tertiary/aromatic N) is 3. The van der Waals surface area contributed by atoms with Gasteiger partial charge in [-0.05, 0) is 18.4 Å². The van der Waals surface area contributed by atoms with Crippen LogP contribution in [0.2, 0.25) is 0 Å². The summed E-state index contributed by atoms with van der Waals surface area (Å²) in [6, 6.07) is 7.89. The Morgan fingerprint density at radius 1 is 1.23 bits per heavy atom. The van der Waals surface area contributed by atoms with E-state index in [2.05, 4.69) is 20.8 Å². The van der Waals surface area contributed by atoms with Gasteiger partial charge >= 0.3 is 6.03 Å². The molecule has 1 aliphatic carbocycles. The topological polar surface area (TPSA) is 104 Å². The maximum absolute atomic E-state index is 12.4. The van der Waals surface area contributed by atoms with E-state index in [1.165, 1.54) is 11.3 Å². The summed E-state index contributed by atoms with van der Waals surface area (Å²) in [6.07, 6.45) is 2.10. The highest BCUT2D eigenvalue weighted by atomic mass is 32.1. The van der Waals surface area contributed by atoms with Crippen LogP contribution < -0.4 is 10.6 Å². The molecule has 26 heavy (non-hydrogen) atoms. The van der Waals surface area contributed by atoms with Gasteiger partial charge in [-0.25, -0.2) is 4.79 Å². The van der Waals surface area contributed by atoms with E-state index in [1.54, 1.807) is 0 Å². The second-order valence-electron chi connectivity index (χ2n) is 6.38. The number of benzene rings is 1. The van der Waals surface area contributed by atoms with E-state index in [0.29, 0.717) is 11.0 Å². The molecule has 2 N–H and O–H groups in total. The van der Waals surface area contributed by atoms with Gasteiger partial charge in [-0.15, -0.1) is 10.2 Å². The SMILES string of the molecule is O=C(C[C@@H]1NC(=O)N(Cc2ccccc2)C1=O)Nc1nnc(C2CC2)s1. The first kappa shape index (κ1) is 16.6. The van der Waals surface area contributed by atoms with Crippen molar-refractivity contribution in [2.45, 2.75) is 37.8 Å². The predicted octanol–water partition coefficient (Wildman–Crippen LogP) is 1.86. The number of carbonyl (C=O) groups excluding carboxylic acids is 3. The van der Waals surface area contributed by atoms with Crippen molar-refractivity contribution in [1.29, 1.82) is 0 Å². The van der Waals surface area contributed by atoms with Gasteiger partial charge in [-0.3, -0.25) is 14.5 Å². The van der Waals surface area contributed by atoms with Gasteiger partial charge in [0.1, 0.15) is 11.0 Å². The zero-order chi connectivity index (χ0) is 18.1. The largest absolute Gasteiger partial charge is 0.325 e. The van der Waals surface area contributed by atoms with Gasteiger partial charge in [0.15, 0.2) is 0 Å². The number of hydrogen-bond donors (Lipinski definition) is 2. The number of aromatic nitrogens is 2. The fourth-order valence-corrected chi connectivity index (χ4v) is 3.70. The second-order valence-corrected chi connectivity index (χ2v) is 7.39. The summed E-state index contributed by atoms with van der Waals surface area (Å²) in [5, 5.41) is 14.6. The molecule has 0 bridgehead atoms. The number of carbonyl (C=O) groups is 3. The standard InChI is InChI=1S/C17H17N5O3S/c23-13(19-16-21-20-14(26-16)11-6-7-11)8-12-15(24)22(17(25)18-12)9-10-4-2-1-3-5-10/h1-5,11-12H,6-9H2,(H,18,25)(H,19,21,23)/t12-/m0/s1. The van der Waals surface area contributed by atoms with E-state index in [1.807, 2.05) is 30.3 Å². The van der Waals surface area contributed by atoms with Crippen LogP contribution in [0.5, 0.6) is 0 Å². The fourth-order valence-electron chi connectivity index (χ4n) is 2.77. The number of rotatable bonds is 6. The van der Waals surface area contributed by atoms with E-state index in [0.717, 1.165) is 28.3 Å². The summed E-state index contributed by atoms with van der Waals surface area (Å²) in [5.41, 5.74) is 0.850. The van der Waals surface area contributed by atoms with Crippen LogP contribution in [0.25, 0.3) is 0 Å². The third-order valence-corrected chi connectivity index (χ3v) is 5.29. The Balaban J connectivity index is 1.34. The van der Waals surface area contributed by atoms with Crippen molar-refractivity contribution in [2.24, 2.45) is 0 Å². The lowest BCUT2D eigenvalue weighted by Crippen LogP contribution is -2.34. The van der Waals surface area contributed by atoms with E-state index in [-0.39, 0.29) is 18.9 Å². The minimum absolute atomic E-state index is 0.131. The van der Waals surface area contributed by atoms with Gasteiger partial charge in [0, 0.05) is 5.92 Å². The molecule has 1 saturated heterocycles. The first-order valence-corrected chi connectivity index (χ1v) is 9.21. The van der Waals surface area contributed by atoms with Crippen LogP contribution in [0.1, 0.15) is 35.8 Å². The van der Waals surface area contributed by atoms with Gasteiger partial charge < -0.3 is 10.6 Å². The molecule has 1 aliphatic heterocycles. The normalized spacial score (nSPS) is 19.5. The van der Waals surface area contributed by atoms with Crippen LogP contribution in [-0.4, -0.2) is 39.0 Å². The van der Waals surface area contributed by atoms with Gasteiger partial charge in [0.05, 0.1) is 13.0 Å². The van der Waals surface area contributed by atoms with Crippen LogP contribution in [0.15, 0.2) is 30.3 Å². The number of nitrogens with one attached hydrogen (secondary N) is 2. The molecule has 9 heteroatoms. The zero-order valence-electron chi connectivity index (χ0n) is 13.8. The molecule has 0 spiro atoms. The van der Waals surface area contributed by atoms with Crippen molar-refractivity contribution in [1.82, 2.24) is 20.4 Å². The molecule has 0 unspecified atom stereocenters.